The highest BCUT2D eigenvalue weighted by Crippen LogP contribution is 2.57. The Bertz CT molecular complexity index is 744. The summed E-state index contributed by atoms with van der Waals surface area (Å²) in [6.45, 7) is 3.49. The molecule has 3 saturated heterocycles. The molecule has 1 saturated carbocycles. The lowest BCUT2D eigenvalue weighted by molar-refractivity contribution is 0.0499. The molecule has 1 aromatic carbocycles. The molecule has 2 atom stereocenters. The van der Waals surface area contributed by atoms with Crippen molar-refractivity contribution in [2.75, 3.05) is 13.1 Å². The van der Waals surface area contributed by atoms with Gasteiger partial charge in [-0.1, -0.05) is 17.4 Å². The zero-order chi connectivity index (χ0) is 18.5. The van der Waals surface area contributed by atoms with Crippen LogP contribution in [0.25, 0.3) is 0 Å². The normalized spacial score (nSPS) is 31.5. The first-order valence-electron chi connectivity index (χ1n) is 9.06. The van der Waals surface area contributed by atoms with Gasteiger partial charge in [0.15, 0.2) is 5.82 Å². The van der Waals surface area contributed by atoms with Gasteiger partial charge in [0.1, 0.15) is 11.8 Å². The highest BCUT2D eigenvalue weighted by atomic mass is 19.1. The molecule has 0 spiro atoms. The van der Waals surface area contributed by atoms with Gasteiger partial charge in [-0.15, -0.1) is 5.11 Å². The minimum atomic E-state index is -1.22. The first-order valence-corrected chi connectivity index (χ1v) is 9.06. The van der Waals surface area contributed by atoms with Gasteiger partial charge >= 0.3 is 6.09 Å². The van der Waals surface area contributed by atoms with E-state index in [2.05, 4.69) is 10.3 Å². The first-order chi connectivity index (χ1) is 12.4. The average Bonchev–Trinajstić information content (AvgIpc) is 3.25. The minimum Gasteiger partial charge on any atom is -0.465 e. The molecule has 2 bridgehead atoms. The number of carbonyl (C=O) groups is 1. The Hall–Kier alpha value is -2.22. The van der Waals surface area contributed by atoms with Crippen molar-refractivity contribution >= 4 is 11.8 Å². The second-order valence-electron chi connectivity index (χ2n) is 7.78. The Kier molecular flexibility index (Phi) is 4.10. The molecule has 3 aliphatic heterocycles. The van der Waals surface area contributed by atoms with Gasteiger partial charge in [0.25, 0.3) is 0 Å². The summed E-state index contributed by atoms with van der Waals surface area (Å²) in [5.74, 6) is -0.581. The van der Waals surface area contributed by atoms with Crippen LogP contribution in [0.1, 0.15) is 44.3 Å². The summed E-state index contributed by atoms with van der Waals surface area (Å²) in [5, 5.41) is 30.2. The lowest BCUT2D eigenvalue weighted by atomic mass is 9.72. The summed E-state index contributed by atoms with van der Waals surface area (Å²) in [6, 6.07) is 3.99. The van der Waals surface area contributed by atoms with Crippen LogP contribution >= 0.6 is 0 Å². The van der Waals surface area contributed by atoms with E-state index in [4.69, 9.17) is 0 Å². The number of aliphatic hydroxyl groups excluding tert-OH is 1. The van der Waals surface area contributed by atoms with E-state index in [9.17, 15) is 19.4 Å². The van der Waals surface area contributed by atoms with E-state index in [1.807, 2.05) is 6.92 Å². The number of carboxylic acid groups (broad SMARTS) is 1. The SMILES string of the molecule is CC12CC(C1)[C@@H]([C@@H](O)c1cccc(N=NN3CCCC3)c1F)N2C(=O)O. The van der Waals surface area contributed by atoms with Crippen LogP contribution in [0.15, 0.2) is 28.5 Å². The predicted octanol–water partition coefficient (Wildman–Crippen LogP) is 3.48. The van der Waals surface area contributed by atoms with Gasteiger partial charge in [0, 0.05) is 24.2 Å². The maximum atomic E-state index is 14.9. The topological polar surface area (TPSA) is 88.7 Å². The molecule has 8 heteroatoms. The van der Waals surface area contributed by atoms with Crippen molar-refractivity contribution in [2.45, 2.75) is 50.3 Å². The molecule has 7 nitrogen and oxygen atoms in total. The molecule has 2 N–H and O–H groups in total. The largest absolute Gasteiger partial charge is 0.465 e. The van der Waals surface area contributed by atoms with Crippen molar-refractivity contribution in [3.05, 3.63) is 29.6 Å². The molecule has 1 aromatic rings. The molecular formula is C18H23FN4O3. The Morgan fingerprint density at radius 3 is 2.69 bits per heavy atom. The molecule has 26 heavy (non-hydrogen) atoms. The smallest absolute Gasteiger partial charge is 0.408 e. The Morgan fingerprint density at radius 2 is 2.04 bits per heavy atom. The summed E-state index contributed by atoms with van der Waals surface area (Å²) in [7, 11) is 0. The molecule has 1 amide bonds. The number of benzene rings is 1. The van der Waals surface area contributed by atoms with Gasteiger partial charge in [0.2, 0.25) is 0 Å². The van der Waals surface area contributed by atoms with Crippen molar-refractivity contribution in [1.82, 2.24) is 9.91 Å². The van der Waals surface area contributed by atoms with Gasteiger partial charge in [-0.3, -0.25) is 9.91 Å². The van der Waals surface area contributed by atoms with E-state index in [0.29, 0.717) is 12.8 Å². The highest BCUT2D eigenvalue weighted by Gasteiger charge is 2.63. The Labute approximate surface area is 151 Å². The number of halogens is 1. The van der Waals surface area contributed by atoms with E-state index >= 15 is 0 Å². The van der Waals surface area contributed by atoms with Gasteiger partial charge in [-0.25, -0.2) is 9.18 Å². The van der Waals surface area contributed by atoms with Crippen LogP contribution < -0.4 is 0 Å². The van der Waals surface area contributed by atoms with Crippen molar-refractivity contribution in [3.8, 4) is 0 Å². The summed E-state index contributed by atoms with van der Waals surface area (Å²) < 4.78 is 14.9. The summed E-state index contributed by atoms with van der Waals surface area (Å²) in [5.41, 5.74) is -0.312. The fourth-order valence-electron chi connectivity index (χ4n) is 4.76. The van der Waals surface area contributed by atoms with Crippen LogP contribution in [-0.4, -0.2) is 50.9 Å². The van der Waals surface area contributed by atoms with Crippen LogP contribution in [0, 0.1) is 11.7 Å². The number of hydrogen-bond donors (Lipinski definition) is 2. The zero-order valence-electron chi connectivity index (χ0n) is 14.7. The van der Waals surface area contributed by atoms with Gasteiger partial charge in [-0.05, 0) is 44.6 Å². The summed E-state index contributed by atoms with van der Waals surface area (Å²) in [6.07, 6.45) is 1.22. The van der Waals surface area contributed by atoms with Crippen LogP contribution in [0.5, 0.6) is 0 Å². The molecule has 0 radical (unpaired) electrons. The fourth-order valence-corrected chi connectivity index (χ4v) is 4.76. The lowest BCUT2D eigenvalue weighted by Gasteiger charge is -2.37. The lowest BCUT2D eigenvalue weighted by Crippen LogP contribution is -2.47. The standard InChI is InChI=1S/C18H23FN4O3/c1-18-9-11(10-18)15(23(18)17(25)26)16(24)12-5-4-6-13(14(12)19)20-21-22-7-2-3-8-22/h4-6,11,15-16,24H,2-3,7-10H2,1H3,(H,25,26)/t11?,15-,16-,18?/m0/s1. The van der Waals surface area contributed by atoms with E-state index < -0.39 is 29.6 Å². The maximum absolute atomic E-state index is 14.9. The van der Waals surface area contributed by atoms with Crippen molar-refractivity contribution < 1.29 is 19.4 Å². The number of nitrogens with zero attached hydrogens (tertiary/aromatic N) is 4. The van der Waals surface area contributed by atoms with Crippen LogP contribution in [-0.2, 0) is 0 Å². The minimum absolute atomic E-state index is 0.0559. The van der Waals surface area contributed by atoms with Gasteiger partial charge in [0.05, 0.1) is 6.04 Å². The molecule has 0 unspecified atom stereocenters. The van der Waals surface area contributed by atoms with Gasteiger partial charge < -0.3 is 10.2 Å². The van der Waals surface area contributed by atoms with Crippen LogP contribution in [0.3, 0.4) is 0 Å². The van der Waals surface area contributed by atoms with Crippen LogP contribution in [0.4, 0.5) is 14.9 Å². The summed E-state index contributed by atoms with van der Waals surface area (Å²) in [4.78, 5) is 13.0. The molecule has 140 valence electrons. The molecular weight excluding hydrogens is 339 g/mol. The third kappa shape index (κ3) is 2.63. The zero-order valence-corrected chi connectivity index (χ0v) is 14.7. The Balaban J connectivity index is 1.59. The molecule has 0 aromatic heterocycles. The first kappa shape index (κ1) is 17.2. The quantitative estimate of drug-likeness (QED) is 0.803. The maximum Gasteiger partial charge on any atom is 0.408 e. The number of amides is 1. The van der Waals surface area contributed by atoms with E-state index in [1.54, 1.807) is 11.1 Å². The van der Waals surface area contributed by atoms with E-state index in [1.165, 1.54) is 17.0 Å². The number of fused-ring (bicyclic) bond motifs is 1. The molecule has 3 heterocycles. The predicted molar refractivity (Wildman–Crippen MR) is 91.5 cm³/mol. The van der Waals surface area contributed by atoms with Crippen molar-refractivity contribution in [1.29, 1.82) is 0 Å². The van der Waals surface area contributed by atoms with Gasteiger partial charge in [-0.2, -0.15) is 0 Å². The fraction of sp³-hybridized carbons (Fsp3) is 0.611. The molecule has 4 fully saturated rings. The highest BCUT2D eigenvalue weighted by molar-refractivity contribution is 5.68. The molecule has 4 aliphatic rings. The average molecular weight is 362 g/mol. The monoisotopic (exact) mass is 362 g/mol. The molecule has 5 rings (SSSR count). The van der Waals surface area contributed by atoms with E-state index in [0.717, 1.165) is 25.9 Å². The third-order valence-electron chi connectivity index (χ3n) is 5.98. The third-order valence-corrected chi connectivity index (χ3v) is 5.98. The second kappa shape index (κ2) is 6.19. The second-order valence-corrected chi connectivity index (χ2v) is 7.78. The van der Waals surface area contributed by atoms with Crippen molar-refractivity contribution in [2.24, 2.45) is 16.3 Å². The molecule has 1 aliphatic carbocycles. The number of hydrogen-bond acceptors (Lipinski definition) is 4. The van der Waals surface area contributed by atoms with Crippen LogP contribution in [0.2, 0.25) is 0 Å². The summed E-state index contributed by atoms with van der Waals surface area (Å²) >= 11 is 0. The number of rotatable bonds is 4. The Morgan fingerprint density at radius 1 is 1.35 bits per heavy atom. The number of aliphatic hydroxyl groups is 1. The van der Waals surface area contributed by atoms with E-state index in [-0.39, 0.29) is 17.2 Å². The van der Waals surface area contributed by atoms with Crippen molar-refractivity contribution in [3.63, 3.8) is 0 Å².